The normalized spacial score (nSPS) is 15.9. The number of hydrogen-bond donors (Lipinski definition) is 1. The van der Waals surface area contributed by atoms with Gasteiger partial charge in [0.15, 0.2) is 0 Å². The van der Waals surface area contributed by atoms with Crippen LogP contribution in [0.3, 0.4) is 0 Å². The lowest BCUT2D eigenvalue weighted by Crippen LogP contribution is -2.37. The number of benzene rings is 1. The third-order valence-electron chi connectivity index (χ3n) is 3.31. The molecule has 1 saturated heterocycles. The van der Waals surface area contributed by atoms with E-state index in [1.165, 1.54) is 0 Å². The van der Waals surface area contributed by atoms with E-state index in [-0.39, 0.29) is 0 Å². The summed E-state index contributed by atoms with van der Waals surface area (Å²) >= 11 is 0. The fraction of sp³-hybridized carbons (Fsp3) is 0.429. The van der Waals surface area contributed by atoms with Gasteiger partial charge < -0.3 is 15.4 Å². The van der Waals surface area contributed by atoms with E-state index in [4.69, 9.17) is 15.5 Å². The summed E-state index contributed by atoms with van der Waals surface area (Å²) in [6.07, 6.45) is 0.710. The molecule has 2 aromatic rings. The largest absolute Gasteiger partial charge is 0.378 e. The van der Waals surface area contributed by atoms with E-state index in [2.05, 4.69) is 16.0 Å². The quantitative estimate of drug-likeness (QED) is 0.888. The third kappa shape index (κ3) is 2.52. The number of nitrogens with zero attached hydrogens (tertiary/aromatic N) is 3. The van der Waals surface area contributed by atoms with Gasteiger partial charge >= 0.3 is 0 Å². The highest BCUT2D eigenvalue weighted by molar-refractivity contribution is 5.89. The summed E-state index contributed by atoms with van der Waals surface area (Å²) in [6, 6.07) is 8.14. The maximum absolute atomic E-state index is 5.62. The van der Waals surface area contributed by atoms with Gasteiger partial charge in [-0.3, -0.25) is 0 Å². The highest BCUT2D eigenvalue weighted by Crippen LogP contribution is 2.24. The van der Waals surface area contributed by atoms with Crippen LogP contribution in [0.2, 0.25) is 0 Å². The van der Waals surface area contributed by atoms with Crippen LogP contribution in [-0.2, 0) is 11.2 Å². The summed E-state index contributed by atoms with van der Waals surface area (Å²) < 4.78 is 5.41. The molecule has 2 heterocycles. The van der Waals surface area contributed by atoms with Crippen LogP contribution in [0, 0.1) is 0 Å². The number of para-hydroxylation sites is 1. The Labute approximate surface area is 112 Å². The topological polar surface area (TPSA) is 64.3 Å². The van der Waals surface area contributed by atoms with E-state index in [9.17, 15) is 0 Å². The molecule has 0 unspecified atom stereocenters. The molecule has 0 radical (unpaired) electrons. The first-order valence-electron chi connectivity index (χ1n) is 6.67. The molecular weight excluding hydrogens is 240 g/mol. The minimum Gasteiger partial charge on any atom is -0.378 e. The van der Waals surface area contributed by atoms with E-state index in [0.717, 1.165) is 48.8 Å². The molecule has 1 aromatic heterocycles. The van der Waals surface area contributed by atoms with Crippen molar-refractivity contribution in [3.05, 3.63) is 30.1 Å². The predicted molar refractivity (Wildman–Crippen MR) is 75.3 cm³/mol. The molecule has 0 atom stereocenters. The lowest BCUT2D eigenvalue weighted by Gasteiger charge is -2.29. The van der Waals surface area contributed by atoms with Gasteiger partial charge in [-0.2, -0.15) is 0 Å². The molecule has 1 fully saturated rings. The van der Waals surface area contributed by atoms with Crippen LogP contribution in [0.15, 0.2) is 24.3 Å². The summed E-state index contributed by atoms with van der Waals surface area (Å²) in [4.78, 5) is 11.5. The molecule has 1 aromatic carbocycles. The second-order valence-corrected chi connectivity index (χ2v) is 4.62. The van der Waals surface area contributed by atoms with Crippen molar-refractivity contribution in [1.29, 1.82) is 0 Å². The number of nitrogens with two attached hydrogens (primary N) is 1. The Balaban J connectivity index is 2.08. The van der Waals surface area contributed by atoms with Gasteiger partial charge in [-0.15, -0.1) is 0 Å². The Morgan fingerprint density at radius 3 is 2.74 bits per heavy atom. The van der Waals surface area contributed by atoms with E-state index in [1.807, 2.05) is 18.2 Å². The van der Waals surface area contributed by atoms with Crippen LogP contribution < -0.4 is 10.6 Å². The van der Waals surface area contributed by atoms with Crippen LogP contribution in [0.25, 0.3) is 10.9 Å². The molecule has 100 valence electrons. The van der Waals surface area contributed by atoms with Crippen molar-refractivity contribution in [2.45, 2.75) is 6.42 Å². The van der Waals surface area contributed by atoms with Gasteiger partial charge in [0.05, 0.1) is 18.7 Å². The van der Waals surface area contributed by atoms with Crippen LogP contribution >= 0.6 is 0 Å². The maximum atomic E-state index is 5.62. The first kappa shape index (κ1) is 12.3. The van der Waals surface area contributed by atoms with Crippen molar-refractivity contribution in [2.24, 2.45) is 5.73 Å². The molecule has 0 saturated carbocycles. The lowest BCUT2D eigenvalue weighted by molar-refractivity contribution is 0.122. The SMILES string of the molecule is NCCc1nc(N2CCOCC2)c2ccccc2n1. The number of ether oxygens (including phenoxy) is 1. The minimum absolute atomic E-state index is 0.570. The molecule has 5 nitrogen and oxygen atoms in total. The van der Waals surface area contributed by atoms with Crippen molar-refractivity contribution in [1.82, 2.24) is 9.97 Å². The zero-order valence-corrected chi connectivity index (χ0v) is 10.9. The molecule has 1 aliphatic heterocycles. The molecular formula is C14H18N4O. The van der Waals surface area contributed by atoms with Crippen molar-refractivity contribution in [2.75, 3.05) is 37.7 Å². The van der Waals surface area contributed by atoms with Gasteiger partial charge in [0.25, 0.3) is 0 Å². The first-order chi connectivity index (χ1) is 9.38. The Morgan fingerprint density at radius 1 is 1.16 bits per heavy atom. The summed E-state index contributed by atoms with van der Waals surface area (Å²) in [6.45, 7) is 3.84. The van der Waals surface area contributed by atoms with Crippen molar-refractivity contribution in [3.8, 4) is 0 Å². The number of anilines is 1. The van der Waals surface area contributed by atoms with E-state index in [1.54, 1.807) is 0 Å². The van der Waals surface area contributed by atoms with Gasteiger partial charge in [-0.1, -0.05) is 12.1 Å². The lowest BCUT2D eigenvalue weighted by atomic mass is 10.2. The molecule has 3 rings (SSSR count). The van der Waals surface area contributed by atoms with Crippen molar-refractivity contribution < 1.29 is 4.74 Å². The van der Waals surface area contributed by atoms with E-state index in [0.29, 0.717) is 13.0 Å². The molecule has 5 heteroatoms. The van der Waals surface area contributed by atoms with E-state index < -0.39 is 0 Å². The predicted octanol–water partition coefficient (Wildman–Crippen LogP) is 0.968. The van der Waals surface area contributed by atoms with Gasteiger partial charge in [0.1, 0.15) is 11.6 Å². The smallest absolute Gasteiger partial charge is 0.140 e. The molecule has 19 heavy (non-hydrogen) atoms. The first-order valence-corrected chi connectivity index (χ1v) is 6.67. The summed E-state index contributed by atoms with van der Waals surface area (Å²) in [7, 11) is 0. The number of morpholine rings is 1. The molecule has 0 bridgehead atoms. The zero-order valence-electron chi connectivity index (χ0n) is 10.9. The summed E-state index contributed by atoms with van der Waals surface area (Å²) in [5, 5.41) is 1.10. The Kier molecular flexibility index (Phi) is 3.57. The number of rotatable bonds is 3. The maximum Gasteiger partial charge on any atom is 0.140 e. The Bertz CT molecular complexity index is 566. The standard InChI is InChI=1S/C14H18N4O/c15-6-5-13-16-12-4-2-1-3-11(12)14(17-13)18-7-9-19-10-8-18/h1-4H,5-10,15H2. The molecule has 2 N–H and O–H groups in total. The molecule has 1 aliphatic rings. The molecule has 0 amide bonds. The fourth-order valence-corrected chi connectivity index (χ4v) is 2.36. The van der Waals surface area contributed by atoms with Crippen LogP contribution in [0.4, 0.5) is 5.82 Å². The molecule has 0 spiro atoms. The highest BCUT2D eigenvalue weighted by atomic mass is 16.5. The second-order valence-electron chi connectivity index (χ2n) is 4.62. The number of aromatic nitrogens is 2. The Morgan fingerprint density at radius 2 is 1.95 bits per heavy atom. The van der Waals surface area contributed by atoms with Gasteiger partial charge in [-0.05, 0) is 18.7 Å². The fourth-order valence-electron chi connectivity index (χ4n) is 2.36. The average molecular weight is 258 g/mol. The van der Waals surface area contributed by atoms with Crippen LogP contribution in [-0.4, -0.2) is 42.8 Å². The zero-order chi connectivity index (χ0) is 13.1. The number of fused-ring (bicyclic) bond motifs is 1. The van der Waals surface area contributed by atoms with E-state index >= 15 is 0 Å². The second kappa shape index (κ2) is 5.50. The van der Waals surface area contributed by atoms with Gasteiger partial charge in [-0.25, -0.2) is 9.97 Å². The minimum atomic E-state index is 0.570. The number of hydrogen-bond acceptors (Lipinski definition) is 5. The monoisotopic (exact) mass is 258 g/mol. The Hall–Kier alpha value is -1.72. The van der Waals surface area contributed by atoms with Gasteiger partial charge in [0, 0.05) is 24.9 Å². The van der Waals surface area contributed by atoms with Crippen LogP contribution in [0.1, 0.15) is 5.82 Å². The van der Waals surface area contributed by atoms with Crippen molar-refractivity contribution in [3.63, 3.8) is 0 Å². The van der Waals surface area contributed by atoms with Gasteiger partial charge in [0.2, 0.25) is 0 Å². The molecule has 0 aliphatic carbocycles. The summed E-state index contributed by atoms with van der Waals surface area (Å²) in [5.74, 6) is 1.83. The summed E-state index contributed by atoms with van der Waals surface area (Å²) in [5.41, 5.74) is 6.61. The van der Waals surface area contributed by atoms with Crippen LogP contribution in [0.5, 0.6) is 0 Å². The third-order valence-corrected chi connectivity index (χ3v) is 3.31. The average Bonchev–Trinajstić information content (AvgIpc) is 2.48. The highest BCUT2D eigenvalue weighted by Gasteiger charge is 2.16. The van der Waals surface area contributed by atoms with Crippen molar-refractivity contribution >= 4 is 16.7 Å².